The first-order valence-corrected chi connectivity index (χ1v) is 12.3. The number of oxazole rings is 1. The molecule has 1 fully saturated rings. The molecule has 1 aliphatic rings. The van der Waals surface area contributed by atoms with Gasteiger partial charge in [0.1, 0.15) is 5.76 Å². The number of benzene rings is 2. The van der Waals surface area contributed by atoms with E-state index in [1.54, 1.807) is 12.1 Å². The average Bonchev–Trinajstić information content (AvgIpc) is 3.31. The minimum Gasteiger partial charge on any atom is -0.441 e. The Morgan fingerprint density at radius 2 is 1.63 bits per heavy atom. The van der Waals surface area contributed by atoms with Crippen LogP contribution in [0.1, 0.15) is 31.2 Å². The van der Waals surface area contributed by atoms with Crippen LogP contribution in [0.2, 0.25) is 0 Å². The van der Waals surface area contributed by atoms with Crippen LogP contribution in [0, 0.1) is 6.92 Å². The molecule has 0 aliphatic carbocycles. The highest BCUT2D eigenvalue weighted by Gasteiger charge is 2.21. The predicted molar refractivity (Wildman–Crippen MR) is 119 cm³/mol. The second-order valence-corrected chi connectivity index (χ2v) is 10.2. The molecule has 1 aromatic heterocycles. The van der Waals surface area contributed by atoms with Gasteiger partial charge in [0.15, 0.2) is 9.84 Å². The SMILES string of the molecule is Cc1oc(-c2ccc(-c3ccc(S(C)(=O)=O)cc3)cc2)nc1CCN1CCCC1C. The number of rotatable bonds is 6. The van der Waals surface area contributed by atoms with Gasteiger partial charge in [-0.25, -0.2) is 13.4 Å². The van der Waals surface area contributed by atoms with E-state index in [9.17, 15) is 8.42 Å². The maximum absolute atomic E-state index is 11.6. The quantitative estimate of drug-likeness (QED) is 0.571. The van der Waals surface area contributed by atoms with Gasteiger partial charge in [0.05, 0.1) is 10.6 Å². The highest BCUT2D eigenvalue weighted by molar-refractivity contribution is 7.90. The third-order valence-electron chi connectivity index (χ3n) is 5.97. The number of nitrogens with zero attached hydrogens (tertiary/aromatic N) is 2. The summed E-state index contributed by atoms with van der Waals surface area (Å²) in [5.74, 6) is 1.54. The third-order valence-corrected chi connectivity index (χ3v) is 7.10. The molecule has 5 nitrogen and oxygen atoms in total. The molecule has 158 valence electrons. The van der Waals surface area contributed by atoms with E-state index in [0.717, 1.165) is 41.1 Å². The van der Waals surface area contributed by atoms with E-state index in [0.29, 0.717) is 16.8 Å². The van der Waals surface area contributed by atoms with Crippen molar-refractivity contribution in [2.75, 3.05) is 19.3 Å². The molecule has 0 radical (unpaired) electrons. The zero-order chi connectivity index (χ0) is 21.3. The summed E-state index contributed by atoms with van der Waals surface area (Å²) in [5.41, 5.74) is 3.96. The Bertz CT molecular complexity index is 1120. The lowest BCUT2D eigenvalue weighted by Crippen LogP contribution is -2.29. The van der Waals surface area contributed by atoms with Gasteiger partial charge in [0.25, 0.3) is 0 Å². The molecule has 0 amide bonds. The van der Waals surface area contributed by atoms with Crippen LogP contribution in [0.4, 0.5) is 0 Å². The first-order valence-electron chi connectivity index (χ1n) is 10.4. The van der Waals surface area contributed by atoms with Gasteiger partial charge in [-0.3, -0.25) is 0 Å². The summed E-state index contributed by atoms with van der Waals surface area (Å²) >= 11 is 0. The normalized spacial score (nSPS) is 17.5. The van der Waals surface area contributed by atoms with Gasteiger partial charge < -0.3 is 9.32 Å². The van der Waals surface area contributed by atoms with Crippen molar-refractivity contribution in [3.05, 3.63) is 60.0 Å². The van der Waals surface area contributed by atoms with Gasteiger partial charge in [0, 0.05) is 30.8 Å². The van der Waals surface area contributed by atoms with Crippen LogP contribution < -0.4 is 0 Å². The molecule has 2 heterocycles. The molecular formula is C24H28N2O3S. The fraction of sp³-hybridized carbons (Fsp3) is 0.375. The van der Waals surface area contributed by atoms with Crippen molar-refractivity contribution in [3.8, 4) is 22.6 Å². The van der Waals surface area contributed by atoms with E-state index in [1.165, 1.54) is 25.6 Å². The van der Waals surface area contributed by atoms with E-state index in [4.69, 9.17) is 9.40 Å². The van der Waals surface area contributed by atoms with Crippen molar-refractivity contribution in [3.63, 3.8) is 0 Å². The van der Waals surface area contributed by atoms with Crippen LogP contribution in [0.15, 0.2) is 57.8 Å². The molecular weight excluding hydrogens is 396 g/mol. The molecule has 0 spiro atoms. The van der Waals surface area contributed by atoms with Gasteiger partial charge in [-0.15, -0.1) is 0 Å². The van der Waals surface area contributed by atoms with Gasteiger partial charge >= 0.3 is 0 Å². The highest BCUT2D eigenvalue weighted by Crippen LogP contribution is 2.27. The van der Waals surface area contributed by atoms with Crippen molar-refractivity contribution in [1.82, 2.24) is 9.88 Å². The summed E-state index contributed by atoms with van der Waals surface area (Å²) in [5, 5.41) is 0. The van der Waals surface area contributed by atoms with Gasteiger partial charge in [-0.1, -0.05) is 24.3 Å². The smallest absolute Gasteiger partial charge is 0.226 e. The van der Waals surface area contributed by atoms with Crippen molar-refractivity contribution >= 4 is 9.84 Å². The molecule has 1 unspecified atom stereocenters. The van der Waals surface area contributed by atoms with Crippen molar-refractivity contribution < 1.29 is 12.8 Å². The molecule has 1 aliphatic heterocycles. The minimum absolute atomic E-state index is 0.328. The summed E-state index contributed by atoms with van der Waals surface area (Å²) in [6.07, 6.45) is 4.69. The molecule has 2 aromatic carbocycles. The second-order valence-electron chi connectivity index (χ2n) is 8.17. The fourth-order valence-electron chi connectivity index (χ4n) is 4.06. The number of hydrogen-bond acceptors (Lipinski definition) is 5. The van der Waals surface area contributed by atoms with E-state index >= 15 is 0 Å². The van der Waals surface area contributed by atoms with Crippen LogP contribution in [0.3, 0.4) is 0 Å². The van der Waals surface area contributed by atoms with Crippen LogP contribution in [-0.4, -0.2) is 43.7 Å². The number of aryl methyl sites for hydroxylation is 1. The van der Waals surface area contributed by atoms with Gasteiger partial charge in [-0.05, 0) is 68.6 Å². The molecule has 1 saturated heterocycles. The molecule has 0 bridgehead atoms. The summed E-state index contributed by atoms with van der Waals surface area (Å²) in [6.45, 7) is 6.48. The van der Waals surface area contributed by atoms with Crippen LogP contribution in [0.5, 0.6) is 0 Å². The maximum Gasteiger partial charge on any atom is 0.226 e. The first kappa shape index (κ1) is 20.8. The molecule has 6 heteroatoms. The Morgan fingerprint density at radius 1 is 1.03 bits per heavy atom. The molecule has 0 saturated carbocycles. The monoisotopic (exact) mass is 424 g/mol. The number of sulfone groups is 1. The Kier molecular flexibility index (Phi) is 5.80. The van der Waals surface area contributed by atoms with E-state index < -0.39 is 9.84 Å². The van der Waals surface area contributed by atoms with Gasteiger partial charge in [0.2, 0.25) is 5.89 Å². The summed E-state index contributed by atoms with van der Waals surface area (Å²) in [6, 6.07) is 15.6. The van der Waals surface area contributed by atoms with Crippen LogP contribution in [0.25, 0.3) is 22.6 Å². The van der Waals surface area contributed by atoms with E-state index in [2.05, 4.69) is 11.8 Å². The summed E-state index contributed by atoms with van der Waals surface area (Å²) in [4.78, 5) is 7.60. The zero-order valence-electron chi connectivity index (χ0n) is 17.8. The predicted octanol–water partition coefficient (Wildman–Crippen LogP) is 4.75. The topological polar surface area (TPSA) is 63.4 Å². The lowest BCUT2D eigenvalue weighted by Gasteiger charge is -2.20. The maximum atomic E-state index is 11.6. The number of likely N-dealkylation sites (tertiary alicyclic amines) is 1. The second kappa shape index (κ2) is 8.36. The highest BCUT2D eigenvalue weighted by atomic mass is 32.2. The first-order chi connectivity index (χ1) is 14.3. The lowest BCUT2D eigenvalue weighted by molar-refractivity contribution is 0.271. The number of aromatic nitrogens is 1. The molecule has 30 heavy (non-hydrogen) atoms. The molecule has 4 rings (SSSR count). The molecule has 3 aromatic rings. The van der Waals surface area contributed by atoms with E-state index in [-0.39, 0.29) is 0 Å². The van der Waals surface area contributed by atoms with E-state index in [1.807, 2.05) is 43.3 Å². The zero-order valence-corrected chi connectivity index (χ0v) is 18.6. The largest absolute Gasteiger partial charge is 0.441 e. The lowest BCUT2D eigenvalue weighted by atomic mass is 10.0. The van der Waals surface area contributed by atoms with Crippen molar-refractivity contribution in [2.24, 2.45) is 0 Å². The Balaban J connectivity index is 1.47. The van der Waals surface area contributed by atoms with Crippen LogP contribution >= 0.6 is 0 Å². The molecule has 1 atom stereocenters. The summed E-state index contributed by atoms with van der Waals surface area (Å²) in [7, 11) is -3.18. The Labute approximate surface area is 178 Å². The van der Waals surface area contributed by atoms with Crippen LogP contribution in [-0.2, 0) is 16.3 Å². The van der Waals surface area contributed by atoms with Crippen molar-refractivity contribution in [2.45, 2.75) is 44.0 Å². The summed E-state index contributed by atoms with van der Waals surface area (Å²) < 4.78 is 29.2. The minimum atomic E-state index is -3.18. The Morgan fingerprint density at radius 3 is 2.20 bits per heavy atom. The van der Waals surface area contributed by atoms with Gasteiger partial charge in [-0.2, -0.15) is 0 Å². The molecule has 0 N–H and O–H groups in total. The van der Waals surface area contributed by atoms with Crippen molar-refractivity contribution in [1.29, 1.82) is 0 Å². The standard InChI is InChI=1S/C24H28N2O3S/c1-17-5-4-15-26(17)16-14-23-18(2)29-24(25-23)21-8-6-19(7-9-21)20-10-12-22(13-11-20)30(3,27)28/h6-13,17H,4-5,14-16H2,1-3H3. The number of hydrogen-bond donors (Lipinski definition) is 0. The fourth-order valence-corrected chi connectivity index (χ4v) is 4.69. The Hall–Kier alpha value is -2.44. The third kappa shape index (κ3) is 4.50. The average molecular weight is 425 g/mol.